The van der Waals surface area contributed by atoms with E-state index in [0.29, 0.717) is 0 Å². The van der Waals surface area contributed by atoms with E-state index in [4.69, 9.17) is 4.74 Å². The first-order chi connectivity index (χ1) is 5.86. The molecular formula is C10H12OS. The van der Waals surface area contributed by atoms with Crippen LogP contribution in [0.3, 0.4) is 0 Å². The zero-order valence-corrected chi connectivity index (χ0v) is 8.10. The van der Waals surface area contributed by atoms with Gasteiger partial charge >= 0.3 is 0 Å². The Morgan fingerprint density at radius 2 is 2.25 bits per heavy atom. The fourth-order valence-corrected chi connectivity index (χ4v) is 1.27. The molecule has 1 aromatic carbocycles. The third kappa shape index (κ3) is 2.62. The molecule has 0 aliphatic heterocycles. The molecule has 0 aromatic heterocycles. The van der Waals surface area contributed by atoms with Gasteiger partial charge in [0.05, 0.1) is 6.26 Å². The predicted molar refractivity (Wildman–Crippen MR) is 53.7 cm³/mol. The van der Waals surface area contributed by atoms with Gasteiger partial charge in [0.25, 0.3) is 0 Å². The van der Waals surface area contributed by atoms with Crippen LogP contribution in [0.5, 0.6) is 5.75 Å². The summed E-state index contributed by atoms with van der Waals surface area (Å²) in [7, 11) is 0. The highest BCUT2D eigenvalue weighted by molar-refractivity contribution is 7.98. The summed E-state index contributed by atoms with van der Waals surface area (Å²) in [5.41, 5.74) is 0. The van der Waals surface area contributed by atoms with Gasteiger partial charge in [-0.05, 0) is 31.4 Å². The monoisotopic (exact) mass is 180 g/mol. The third-order valence-electron chi connectivity index (χ3n) is 1.38. The van der Waals surface area contributed by atoms with E-state index in [1.807, 2.05) is 31.2 Å². The van der Waals surface area contributed by atoms with E-state index in [1.54, 1.807) is 18.0 Å². The summed E-state index contributed by atoms with van der Waals surface area (Å²) in [6.07, 6.45) is 5.60. The van der Waals surface area contributed by atoms with Crippen molar-refractivity contribution in [3.63, 3.8) is 0 Å². The standard InChI is InChI=1S/C10H12OS/c1-3-7-11-9-5-4-6-10(8-9)12-2/h3-8H,1-2H3/b7-3-. The van der Waals surface area contributed by atoms with Gasteiger partial charge in [0.2, 0.25) is 0 Å². The maximum absolute atomic E-state index is 5.30. The Morgan fingerprint density at radius 3 is 2.92 bits per heavy atom. The minimum Gasteiger partial charge on any atom is -0.465 e. The number of benzene rings is 1. The van der Waals surface area contributed by atoms with Crippen LogP contribution in [0.25, 0.3) is 0 Å². The van der Waals surface area contributed by atoms with Crippen LogP contribution in [0.2, 0.25) is 0 Å². The average Bonchev–Trinajstić information content (AvgIpc) is 2.15. The highest BCUT2D eigenvalue weighted by atomic mass is 32.2. The molecule has 0 N–H and O–H groups in total. The summed E-state index contributed by atoms with van der Waals surface area (Å²) in [6, 6.07) is 8.02. The molecule has 2 heteroatoms. The molecular weight excluding hydrogens is 168 g/mol. The van der Waals surface area contributed by atoms with Gasteiger partial charge in [-0.2, -0.15) is 0 Å². The molecule has 0 fully saturated rings. The first kappa shape index (κ1) is 9.20. The van der Waals surface area contributed by atoms with Crippen molar-refractivity contribution in [2.75, 3.05) is 6.26 Å². The van der Waals surface area contributed by atoms with Crippen LogP contribution in [0.4, 0.5) is 0 Å². The van der Waals surface area contributed by atoms with E-state index in [2.05, 4.69) is 12.3 Å². The van der Waals surface area contributed by atoms with Crippen molar-refractivity contribution >= 4 is 11.8 Å². The SMILES string of the molecule is C/C=C\Oc1cccc(SC)c1. The van der Waals surface area contributed by atoms with Crippen LogP contribution in [0.1, 0.15) is 6.92 Å². The molecule has 64 valence electrons. The Labute approximate surface area is 77.4 Å². The van der Waals surface area contributed by atoms with Gasteiger partial charge in [0.15, 0.2) is 0 Å². The highest BCUT2D eigenvalue weighted by Gasteiger charge is 1.92. The minimum atomic E-state index is 0.889. The molecule has 0 saturated heterocycles. The lowest BCUT2D eigenvalue weighted by molar-refractivity contribution is 0.479. The summed E-state index contributed by atoms with van der Waals surface area (Å²) >= 11 is 1.71. The Morgan fingerprint density at radius 1 is 1.42 bits per heavy atom. The van der Waals surface area contributed by atoms with E-state index in [9.17, 15) is 0 Å². The molecule has 1 rings (SSSR count). The fourth-order valence-electron chi connectivity index (χ4n) is 0.821. The number of allylic oxidation sites excluding steroid dienone is 1. The van der Waals surface area contributed by atoms with Crippen LogP contribution in [-0.2, 0) is 0 Å². The predicted octanol–water partition coefficient (Wildman–Crippen LogP) is 3.32. The quantitative estimate of drug-likeness (QED) is 0.521. The molecule has 0 heterocycles. The van der Waals surface area contributed by atoms with Crippen LogP contribution in [0, 0.1) is 0 Å². The fraction of sp³-hybridized carbons (Fsp3) is 0.200. The first-order valence-electron chi connectivity index (χ1n) is 3.78. The molecule has 0 unspecified atom stereocenters. The summed E-state index contributed by atoms with van der Waals surface area (Å²) in [5, 5.41) is 0. The Hall–Kier alpha value is -0.890. The molecule has 1 aromatic rings. The molecule has 12 heavy (non-hydrogen) atoms. The number of hydrogen-bond donors (Lipinski definition) is 0. The lowest BCUT2D eigenvalue weighted by Crippen LogP contribution is -1.80. The van der Waals surface area contributed by atoms with Crippen molar-refractivity contribution in [3.8, 4) is 5.75 Å². The summed E-state index contributed by atoms with van der Waals surface area (Å²) in [5.74, 6) is 0.889. The number of rotatable bonds is 3. The Balaban J connectivity index is 2.72. The normalized spacial score (nSPS) is 10.5. The van der Waals surface area contributed by atoms with Crippen LogP contribution < -0.4 is 4.74 Å². The lowest BCUT2D eigenvalue weighted by Gasteiger charge is -2.00. The zero-order chi connectivity index (χ0) is 8.81. The molecule has 0 aliphatic carbocycles. The number of ether oxygens (including phenoxy) is 1. The van der Waals surface area contributed by atoms with Gasteiger partial charge in [-0.15, -0.1) is 11.8 Å². The average molecular weight is 180 g/mol. The third-order valence-corrected chi connectivity index (χ3v) is 2.11. The molecule has 0 radical (unpaired) electrons. The molecule has 0 spiro atoms. The topological polar surface area (TPSA) is 9.23 Å². The van der Waals surface area contributed by atoms with Crippen LogP contribution >= 0.6 is 11.8 Å². The first-order valence-corrected chi connectivity index (χ1v) is 5.01. The van der Waals surface area contributed by atoms with Crippen molar-refractivity contribution < 1.29 is 4.74 Å². The van der Waals surface area contributed by atoms with Crippen molar-refractivity contribution in [2.45, 2.75) is 11.8 Å². The minimum absolute atomic E-state index is 0.889. The van der Waals surface area contributed by atoms with Crippen molar-refractivity contribution in [3.05, 3.63) is 36.6 Å². The smallest absolute Gasteiger partial charge is 0.127 e. The number of hydrogen-bond acceptors (Lipinski definition) is 2. The summed E-state index contributed by atoms with van der Waals surface area (Å²) < 4.78 is 5.30. The molecule has 0 bridgehead atoms. The second kappa shape index (κ2) is 4.88. The summed E-state index contributed by atoms with van der Waals surface area (Å²) in [6.45, 7) is 1.93. The van der Waals surface area contributed by atoms with E-state index in [0.717, 1.165) is 5.75 Å². The molecule has 0 atom stereocenters. The second-order valence-electron chi connectivity index (χ2n) is 2.27. The van der Waals surface area contributed by atoms with Gasteiger partial charge in [-0.25, -0.2) is 0 Å². The molecule has 0 aliphatic rings. The van der Waals surface area contributed by atoms with E-state index < -0.39 is 0 Å². The lowest BCUT2D eigenvalue weighted by atomic mass is 10.3. The zero-order valence-electron chi connectivity index (χ0n) is 7.28. The molecule has 1 nitrogen and oxygen atoms in total. The maximum atomic E-state index is 5.30. The highest BCUT2D eigenvalue weighted by Crippen LogP contribution is 2.20. The van der Waals surface area contributed by atoms with Crippen molar-refractivity contribution in [1.29, 1.82) is 0 Å². The largest absolute Gasteiger partial charge is 0.465 e. The van der Waals surface area contributed by atoms with Crippen molar-refractivity contribution in [1.82, 2.24) is 0 Å². The Bertz CT molecular complexity index is 268. The molecule has 0 saturated carbocycles. The molecule has 0 amide bonds. The van der Waals surface area contributed by atoms with E-state index in [1.165, 1.54) is 4.90 Å². The van der Waals surface area contributed by atoms with Crippen molar-refractivity contribution in [2.24, 2.45) is 0 Å². The van der Waals surface area contributed by atoms with Crippen LogP contribution in [-0.4, -0.2) is 6.26 Å². The van der Waals surface area contributed by atoms with Crippen LogP contribution in [0.15, 0.2) is 41.5 Å². The van der Waals surface area contributed by atoms with Gasteiger partial charge in [-0.3, -0.25) is 0 Å². The number of thioether (sulfide) groups is 1. The van der Waals surface area contributed by atoms with E-state index in [-0.39, 0.29) is 0 Å². The van der Waals surface area contributed by atoms with Gasteiger partial charge in [0.1, 0.15) is 5.75 Å². The Kier molecular flexibility index (Phi) is 3.74. The summed E-state index contributed by atoms with van der Waals surface area (Å²) in [4.78, 5) is 1.22. The van der Waals surface area contributed by atoms with Gasteiger partial charge in [0, 0.05) is 4.90 Å². The maximum Gasteiger partial charge on any atom is 0.127 e. The van der Waals surface area contributed by atoms with E-state index >= 15 is 0 Å². The van der Waals surface area contributed by atoms with Gasteiger partial charge in [-0.1, -0.05) is 12.1 Å². The second-order valence-corrected chi connectivity index (χ2v) is 3.15. The van der Waals surface area contributed by atoms with Gasteiger partial charge < -0.3 is 4.74 Å².